The summed E-state index contributed by atoms with van der Waals surface area (Å²) >= 11 is 0. The van der Waals surface area contributed by atoms with Crippen LogP contribution < -0.4 is 0 Å². The number of rotatable bonds is 4. The summed E-state index contributed by atoms with van der Waals surface area (Å²) in [5, 5.41) is 15.6. The highest BCUT2D eigenvalue weighted by atomic mass is 16.2. The van der Waals surface area contributed by atoms with Crippen molar-refractivity contribution in [2.75, 3.05) is 34.8 Å². The predicted octanol–water partition coefficient (Wildman–Crippen LogP) is 0.0299. The normalized spacial score (nSPS) is 12.0. The van der Waals surface area contributed by atoms with Crippen molar-refractivity contribution in [1.82, 2.24) is 0 Å². The van der Waals surface area contributed by atoms with Crippen LogP contribution in [0.3, 0.4) is 0 Å². The van der Waals surface area contributed by atoms with Crippen LogP contribution in [-0.2, 0) is 4.79 Å². The molecule has 0 aliphatic heterocycles. The lowest BCUT2D eigenvalue weighted by atomic mass is 10.1. The third-order valence-corrected chi connectivity index (χ3v) is 1.33. The molecule has 0 aromatic heterocycles. The van der Waals surface area contributed by atoms with Gasteiger partial charge in [0.2, 0.25) is 0 Å². The first kappa shape index (κ1) is 14.6. The van der Waals surface area contributed by atoms with Crippen LogP contribution in [0.1, 0.15) is 6.42 Å². The topological polar surface area (TPSA) is 61.1 Å². The number of hydrogen-bond donors (Lipinski definition) is 1. The van der Waals surface area contributed by atoms with Crippen molar-refractivity contribution in [1.29, 1.82) is 5.26 Å². The van der Waals surface area contributed by atoms with Gasteiger partial charge in [-0.05, 0) is 0 Å². The first-order valence-electron chi connectivity index (χ1n) is 4.08. The van der Waals surface area contributed by atoms with Gasteiger partial charge in [-0.15, -0.1) is 0 Å². The van der Waals surface area contributed by atoms with E-state index in [0.29, 0.717) is 6.42 Å². The molecule has 13 heavy (non-hydrogen) atoms. The Balaban J connectivity index is 0. The number of nitrogens with zero attached hydrogens (tertiary/aromatic N) is 2. The van der Waals surface area contributed by atoms with E-state index in [9.17, 15) is 4.79 Å². The average Bonchev–Trinajstić information content (AvgIpc) is 2.05. The highest BCUT2D eigenvalue weighted by molar-refractivity contribution is 5.50. The lowest BCUT2D eigenvalue weighted by Crippen LogP contribution is -2.38. The molecule has 1 N–H and O–H groups in total. The van der Waals surface area contributed by atoms with E-state index < -0.39 is 0 Å². The van der Waals surface area contributed by atoms with Crippen molar-refractivity contribution in [2.24, 2.45) is 5.92 Å². The summed E-state index contributed by atoms with van der Waals surface area (Å²) in [6.07, 6.45) is 1.16. The lowest BCUT2D eigenvalue weighted by molar-refractivity contribution is -0.872. The molecule has 0 bridgehead atoms. The SMILES string of the molecule is CO.C[N+](C)(C)CC(C#N)CC=O. The third-order valence-electron chi connectivity index (χ3n) is 1.33. The van der Waals surface area contributed by atoms with Crippen molar-refractivity contribution < 1.29 is 14.4 Å². The fourth-order valence-electron chi connectivity index (χ4n) is 0.945. The van der Waals surface area contributed by atoms with Crippen molar-refractivity contribution in [2.45, 2.75) is 6.42 Å². The summed E-state index contributed by atoms with van der Waals surface area (Å²) in [5.74, 6) is -0.132. The zero-order valence-electron chi connectivity index (χ0n) is 8.82. The van der Waals surface area contributed by atoms with E-state index in [0.717, 1.165) is 24.4 Å². The summed E-state index contributed by atoms with van der Waals surface area (Å²) < 4.78 is 0.728. The molecule has 4 nitrogen and oxygen atoms in total. The largest absolute Gasteiger partial charge is 0.400 e. The van der Waals surface area contributed by atoms with Crippen LogP contribution in [-0.4, -0.2) is 50.7 Å². The van der Waals surface area contributed by atoms with Crippen LogP contribution >= 0.6 is 0 Å². The van der Waals surface area contributed by atoms with Gasteiger partial charge in [0.1, 0.15) is 12.2 Å². The lowest BCUT2D eigenvalue weighted by Gasteiger charge is -2.25. The maximum absolute atomic E-state index is 10.1. The number of carbonyl (C=O) groups is 1. The Morgan fingerprint density at radius 1 is 1.46 bits per heavy atom. The standard InChI is InChI=1S/C8H15N2O.CH4O/c1-10(2,3)7-8(6-9)4-5-11;1-2/h5,8H,4,7H2,1-3H3;2H,1H3/q+1;. The minimum absolute atomic E-state index is 0.132. The van der Waals surface area contributed by atoms with Gasteiger partial charge in [0.05, 0.1) is 33.8 Å². The van der Waals surface area contributed by atoms with Gasteiger partial charge >= 0.3 is 0 Å². The minimum Gasteiger partial charge on any atom is -0.400 e. The fourth-order valence-corrected chi connectivity index (χ4v) is 0.945. The van der Waals surface area contributed by atoms with Gasteiger partial charge in [-0.1, -0.05) is 0 Å². The van der Waals surface area contributed by atoms with E-state index in [4.69, 9.17) is 10.4 Å². The Morgan fingerprint density at radius 3 is 2.15 bits per heavy atom. The molecule has 0 aromatic rings. The molecule has 0 radical (unpaired) electrons. The van der Waals surface area contributed by atoms with Gasteiger partial charge < -0.3 is 14.4 Å². The quantitative estimate of drug-likeness (QED) is 0.499. The van der Waals surface area contributed by atoms with Gasteiger partial charge in [0, 0.05) is 13.5 Å². The van der Waals surface area contributed by atoms with Crippen LogP contribution in [0.25, 0.3) is 0 Å². The number of aliphatic hydroxyl groups excluding tert-OH is 1. The van der Waals surface area contributed by atoms with Crippen molar-refractivity contribution >= 4 is 6.29 Å². The Kier molecular flexibility index (Phi) is 8.66. The molecule has 0 rings (SSSR count). The molecular weight excluding hydrogens is 168 g/mol. The second kappa shape index (κ2) is 7.71. The Bertz CT molecular complexity index is 167. The van der Waals surface area contributed by atoms with Crippen LogP contribution in [0.15, 0.2) is 0 Å². The van der Waals surface area contributed by atoms with Crippen molar-refractivity contribution in [3.05, 3.63) is 0 Å². The Labute approximate surface area is 80.0 Å². The van der Waals surface area contributed by atoms with Gasteiger partial charge in [-0.3, -0.25) is 0 Å². The van der Waals surface area contributed by atoms with Gasteiger partial charge in [0.25, 0.3) is 0 Å². The van der Waals surface area contributed by atoms with E-state index in [-0.39, 0.29) is 5.92 Å². The summed E-state index contributed by atoms with van der Waals surface area (Å²) in [7, 11) is 7.03. The molecule has 0 aliphatic carbocycles. The zero-order chi connectivity index (χ0) is 10.9. The first-order valence-corrected chi connectivity index (χ1v) is 4.08. The summed E-state index contributed by atoms with van der Waals surface area (Å²) in [6.45, 7) is 0.731. The number of hydrogen-bond acceptors (Lipinski definition) is 3. The molecule has 4 heteroatoms. The smallest absolute Gasteiger partial charge is 0.121 e. The van der Waals surface area contributed by atoms with E-state index in [1.54, 1.807) is 0 Å². The van der Waals surface area contributed by atoms with Gasteiger partial charge in [-0.25, -0.2) is 0 Å². The highest BCUT2D eigenvalue weighted by Gasteiger charge is 2.16. The monoisotopic (exact) mass is 187 g/mol. The molecule has 1 atom stereocenters. The number of aldehydes is 1. The van der Waals surface area contributed by atoms with Crippen LogP contribution in [0.5, 0.6) is 0 Å². The molecule has 0 aliphatic rings. The third kappa shape index (κ3) is 11.1. The average molecular weight is 187 g/mol. The van der Waals surface area contributed by atoms with E-state index in [1.165, 1.54) is 0 Å². The van der Waals surface area contributed by atoms with Crippen molar-refractivity contribution in [3.63, 3.8) is 0 Å². The minimum atomic E-state index is -0.132. The van der Waals surface area contributed by atoms with Crippen LogP contribution in [0, 0.1) is 17.2 Å². The molecule has 0 aromatic carbocycles. The molecule has 76 valence electrons. The maximum atomic E-state index is 10.1. The fraction of sp³-hybridized carbons (Fsp3) is 0.778. The highest BCUT2D eigenvalue weighted by Crippen LogP contribution is 2.04. The molecule has 0 fully saturated rings. The van der Waals surface area contributed by atoms with Crippen molar-refractivity contribution in [3.8, 4) is 6.07 Å². The molecule has 0 heterocycles. The molecule has 0 saturated heterocycles. The number of quaternary nitrogens is 1. The van der Waals surface area contributed by atoms with Gasteiger partial charge in [0.15, 0.2) is 0 Å². The van der Waals surface area contributed by atoms with Gasteiger partial charge in [-0.2, -0.15) is 5.26 Å². The van der Waals surface area contributed by atoms with Crippen LogP contribution in [0.4, 0.5) is 0 Å². The number of aliphatic hydroxyl groups is 1. The summed E-state index contributed by atoms with van der Waals surface area (Å²) in [5.41, 5.74) is 0. The molecule has 0 spiro atoms. The zero-order valence-corrected chi connectivity index (χ0v) is 8.82. The van der Waals surface area contributed by atoms with E-state index >= 15 is 0 Å². The molecule has 0 amide bonds. The second-order valence-corrected chi connectivity index (χ2v) is 3.70. The van der Waals surface area contributed by atoms with Crippen LogP contribution in [0.2, 0.25) is 0 Å². The van der Waals surface area contributed by atoms with E-state index in [2.05, 4.69) is 6.07 Å². The number of nitriles is 1. The Morgan fingerprint density at radius 2 is 1.92 bits per heavy atom. The predicted molar refractivity (Wildman–Crippen MR) is 50.8 cm³/mol. The maximum Gasteiger partial charge on any atom is 0.121 e. The number of carbonyl (C=O) groups excluding carboxylic acids is 1. The second-order valence-electron chi connectivity index (χ2n) is 3.70. The molecular formula is C9H19N2O2+. The summed E-state index contributed by atoms with van der Waals surface area (Å²) in [4.78, 5) is 10.1. The van der Waals surface area contributed by atoms with E-state index in [1.807, 2.05) is 21.1 Å². The Hall–Kier alpha value is -0.920. The molecule has 1 unspecified atom stereocenters. The molecule has 0 saturated carbocycles. The summed E-state index contributed by atoms with van der Waals surface area (Å²) in [6, 6.07) is 2.11. The first-order chi connectivity index (χ1) is 5.99.